The number of nitrogens with zero attached hydrogens (tertiary/aromatic N) is 1. The number of hydrogen-bond acceptors (Lipinski definition) is 5. The molecule has 0 atom stereocenters. The lowest BCUT2D eigenvalue weighted by Gasteiger charge is -2.37. The van der Waals surface area contributed by atoms with Crippen LogP contribution in [0.15, 0.2) is 91.0 Å². The summed E-state index contributed by atoms with van der Waals surface area (Å²) in [5.74, 6) is 1.28. The summed E-state index contributed by atoms with van der Waals surface area (Å²) >= 11 is 0. The fraction of sp³-hybridized carbons (Fsp3) is 0.276. The highest BCUT2D eigenvalue weighted by molar-refractivity contribution is 5.92. The van der Waals surface area contributed by atoms with Gasteiger partial charge in [0, 0.05) is 18.7 Å². The second-order valence-corrected chi connectivity index (χ2v) is 8.15. The van der Waals surface area contributed by atoms with Crippen molar-refractivity contribution in [3.63, 3.8) is 0 Å². The zero-order valence-corrected chi connectivity index (χ0v) is 20.6. The number of ether oxygens (including phenoxy) is 3. The summed E-state index contributed by atoms with van der Waals surface area (Å²) in [5.41, 5.74) is 2.22. The Morgan fingerprint density at radius 2 is 1.31 bits per heavy atom. The van der Waals surface area contributed by atoms with Gasteiger partial charge in [0.2, 0.25) is 5.91 Å². The molecule has 0 aromatic heterocycles. The first-order valence-electron chi connectivity index (χ1n) is 11.5. The van der Waals surface area contributed by atoms with Crippen molar-refractivity contribution >= 4 is 5.91 Å². The second-order valence-electron chi connectivity index (χ2n) is 8.15. The topological polar surface area (TPSA) is 68.2 Å². The highest BCUT2D eigenvalue weighted by Gasteiger charge is 2.38. The monoisotopic (exact) mass is 475 g/mol. The number of aliphatic hydroxyl groups is 1. The fourth-order valence-electron chi connectivity index (χ4n) is 4.09. The van der Waals surface area contributed by atoms with E-state index in [1.807, 2.05) is 78.9 Å². The lowest BCUT2D eigenvalue weighted by molar-refractivity contribution is -0.129. The van der Waals surface area contributed by atoms with Gasteiger partial charge in [-0.1, -0.05) is 61.2 Å². The van der Waals surface area contributed by atoms with Crippen molar-refractivity contribution in [1.29, 1.82) is 0 Å². The van der Waals surface area contributed by atoms with Crippen molar-refractivity contribution in [3.05, 3.63) is 108 Å². The average Bonchev–Trinajstić information content (AvgIpc) is 2.91. The van der Waals surface area contributed by atoms with Gasteiger partial charge in [-0.2, -0.15) is 0 Å². The molecule has 3 aromatic carbocycles. The average molecular weight is 476 g/mol. The third kappa shape index (κ3) is 5.91. The minimum atomic E-state index is -0.961. The van der Waals surface area contributed by atoms with Crippen molar-refractivity contribution in [2.75, 3.05) is 40.5 Å². The molecule has 6 heteroatoms. The summed E-state index contributed by atoms with van der Waals surface area (Å²) < 4.78 is 17.5. The van der Waals surface area contributed by atoms with Gasteiger partial charge < -0.3 is 24.2 Å². The molecule has 6 nitrogen and oxygen atoms in total. The van der Waals surface area contributed by atoms with E-state index in [0.29, 0.717) is 12.1 Å². The normalized spacial score (nSPS) is 11.1. The van der Waals surface area contributed by atoms with Crippen LogP contribution in [0.25, 0.3) is 0 Å². The van der Waals surface area contributed by atoms with Crippen LogP contribution in [0.2, 0.25) is 0 Å². The molecule has 184 valence electrons. The Kier molecular flexibility index (Phi) is 9.06. The van der Waals surface area contributed by atoms with Crippen LogP contribution in [0, 0.1) is 0 Å². The highest BCUT2D eigenvalue weighted by Crippen LogP contribution is 2.41. The van der Waals surface area contributed by atoms with Gasteiger partial charge in [0.05, 0.1) is 27.4 Å². The molecule has 35 heavy (non-hydrogen) atoms. The maximum Gasteiger partial charge on any atom is 0.249 e. The number of carbonyl (C=O) groups is 1. The van der Waals surface area contributed by atoms with Crippen molar-refractivity contribution in [2.24, 2.45) is 0 Å². The summed E-state index contributed by atoms with van der Waals surface area (Å²) in [6.07, 6.45) is 0. The molecule has 0 fully saturated rings. The fourth-order valence-corrected chi connectivity index (χ4v) is 4.09. The van der Waals surface area contributed by atoms with Crippen molar-refractivity contribution in [2.45, 2.75) is 12.5 Å². The lowest BCUT2D eigenvalue weighted by atomic mass is 9.80. The maximum absolute atomic E-state index is 12.6. The first-order valence-corrected chi connectivity index (χ1v) is 11.5. The molecule has 1 amide bonds. The first kappa shape index (κ1) is 26.0. The number of hydrogen-bond donors (Lipinski definition) is 1. The van der Waals surface area contributed by atoms with E-state index in [0.717, 1.165) is 28.2 Å². The van der Waals surface area contributed by atoms with E-state index >= 15 is 0 Å². The van der Waals surface area contributed by atoms with Crippen molar-refractivity contribution in [3.8, 4) is 11.5 Å². The van der Waals surface area contributed by atoms with Crippen LogP contribution in [0.3, 0.4) is 0 Å². The third-order valence-electron chi connectivity index (χ3n) is 5.88. The summed E-state index contributed by atoms with van der Waals surface area (Å²) in [4.78, 5) is 14.1. The Hall–Kier alpha value is -3.61. The zero-order chi connectivity index (χ0) is 25.3. The molecular formula is C29H33NO5. The molecular weight excluding hydrogens is 442 g/mol. The largest absolute Gasteiger partial charge is 0.497 e. The minimum Gasteiger partial charge on any atom is -0.497 e. The number of amides is 1. The molecule has 0 saturated carbocycles. The smallest absolute Gasteiger partial charge is 0.249 e. The minimum absolute atomic E-state index is 0.139. The molecule has 0 radical (unpaired) electrons. The second kappa shape index (κ2) is 12.2. The standard InChI is InChI=1S/C29H33NO5/c1-22(2)28(32)30(18-20-31)19-21-35-29(23-8-6-5-7-9-23,24-10-14-26(33-3)15-11-24)25-12-16-27(34-4)17-13-25/h5-17,31H,1,18-21H2,2-4H3. The van der Waals surface area contributed by atoms with E-state index in [9.17, 15) is 9.90 Å². The predicted octanol–water partition coefficient (Wildman–Crippen LogP) is 4.41. The van der Waals surface area contributed by atoms with Crippen LogP contribution in [0.4, 0.5) is 0 Å². The van der Waals surface area contributed by atoms with Crippen LogP contribution in [-0.4, -0.2) is 56.4 Å². The summed E-state index contributed by atoms with van der Waals surface area (Å²) in [6, 6.07) is 25.5. The third-order valence-corrected chi connectivity index (χ3v) is 5.88. The van der Waals surface area contributed by atoms with Gasteiger partial charge in [0.15, 0.2) is 0 Å². The number of carbonyl (C=O) groups excluding carboxylic acids is 1. The van der Waals surface area contributed by atoms with Gasteiger partial charge >= 0.3 is 0 Å². The van der Waals surface area contributed by atoms with Crippen molar-refractivity contribution in [1.82, 2.24) is 4.90 Å². The Labute approximate surface area is 207 Å². The zero-order valence-electron chi connectivity index (χ0n) is 20.6. The van der Waals surface area contributed by atoms with Crippen molar-refractivity contribution < 1.29 is 24.1 Å². The summed E-state index contributed by atoms with van der Waals surface area (Å²) in [6.45, 7) is 6.01. The Balaban J connectivity index is 2.09. The predicted molar refractivity (Wildman–Crippen MR) is 137 cm³/mol. The lowest BCUT2D eigenvalue weighted by Crippen LogP contribution is -2.40. The molecule has 3 aromatic rings. The molecule has 1 N–H and O–H groups in total. The molecule has 0 saturated heterocycles. The number of benzene rings is 3. The van der Waals surface area contributed by atoms with E-state index in [4.69, 9.17) is 14.2 Å². The first-order chi connectivity index (χ1) is 17.0. The molecule has 0 aliphatic carbocycles. The van der Waals surface area contributed by atoms with Crippen LogP contribution in [0.1, 0.15) is 23.6 Å². The van der Waals surface area contributed by atoms with E-state index in [2.05, 4.69) is 6.58 Å². The molecule has 0 aliphatic rings. The van der Waals surface area contributed by atoms with Crippen LogP contribution >= 0.6 is 0 Å². The van der Waals surface area contributed by atoms with E-state index in [1.165, 1.54) is 0 Å². The van der Waals surface area contributed by atoms with Gasteiger partial charge in [-0.3, -0.25) is 4.79 Å². The van der Waals surface area contributed by atoms with E-state index < -0.39 is 5.60 Å². The molecule has 0 bridgehead atoms. The quantitative estimate of drug-likeness (QED) is 0.311. The van der Waals surface area contributed by atoms with Crippen LogP contribution < -0.4 is 9.47 Å². The molecule has 3 rings (SSSR count). The molecule has 0 heterocycles. The Morgan fingerprint density at radius 1 is 0.829 bits per heavy atom. The maximum atomic E-state index is 12.6. The van der Waals surface area contributed by atoms with Gasteiger partial charge in [-0.15, -0.1) is 0 Å². The van der Waals surface area contributed by atoms with Gasteiger partial charge in [-0.25, -0.2) is 0 Å². The number of aliphatic hydroxyl groups excluding tert-OH is 1. The Bertz CT molecular complexity index is 1050. The van der Waals surface area contributed by atoms with Crippen LogP contribution in [0.5, 0.6) is 11.5 Å². The van der Waals surface area contributed by atoms with Gasteiger partial charge in [0.25, 0.3) is 0 Å². The van der Waals surface area contributed by atoms with E-state index in [1.54, 1.807) is 26.0 Å². The molecule has 0 unspecified atom stereocenters. The summed E-state index contributed by atoms with van der Waals surface area (Å²) in [7, 11) is 3.27. The molecule has 0 aliphatic heterocycles. The van der Waals surface area contributed by atoms with Gasteiger partial charge in [0.1, 0.15) is 17.1 Å². The van der Waals surface area contributed by atoms with E-state index in [-0.39, 0.29) is 25.7 Å². The number of methoxy groups -OCH3 is 2. The van der Waals surface area contributed by atoms with Crippen LogP contribution in [-0.2, 0) is 15.1 Å². The molecule has 0 spiro atoms. The Morgan fingerprint density at radius 3 is 1.74 bits per heavy atom. The number of rotatable bonds is 12. The SMILES string of the molecule is C=C(C)C(=O)N(CCO)CCOC(c1ccccc1)(c1ccc(OC)cc1)c1ccc(OC)cc1. The van der Waals surface area contributed by atoms with Gasteiger partial charge in [-0.05, 0) is 47.9 Å². The summed E-state index contributed by atoms with van der Waals surface area (Å²) in [5, 5.41) is 9.47. The highest BCUT2D eigenvalue weighted by atomic mass is 16.5.